The molecule has 0 aromatic carbocycles. The van der Waals surface area contributed by atoms with Crippen LogP contribution in [0.3, 0.4) is 0 Å². The molecule has 0 aliphatic heterocycles. The first-order chi connectivity index (χ1) is 8.77. The number of amides is 1. The molecule has 0 spiro atoms. The molecule has 102 valence electrons. The lowest BCUT2D eigenvalue weighted by atomic mass is 10.2. The highest BCUT2D eigenvalue weighted by atomic mass is 16.5. The first kappa shape index (κ1) is 14.6. The number of unbranched alkanes of at least 4 members (excludes halogenated alkanes) is 3. The average molecular weight is 255 g/mol. The van der Waals surface area contributed by atoms with Crippen molar-refractivity contribution in [2.45, 2.75) is 39.2 Å². The Bertz CT molecular complexity index is 353. The molecule has 1 amide bonds. The Balaban J connectivity index is 2.12. The highest BCUT2D eigenvalue weighted by Crippen LogP contribution is 1.99. The van der Waals surface area contributed by atoms with E-state index in [1.54, 1.807) is 10.9 Å². The minimum absolute atomic E-state index is 0.209. The summed E-state index contributed by atoms with van der Waals surface area (Å²) in [5, 5.41) is 7.49. The van der Waals surface area contributed by atoms with Gasteiger partial charge in [0.05, 0.1) is 19.3 Å². The Morgan fingerprint density at radius 1 is 1.44 bits per heavy atom. The molecule has 7 nitrogen and oxygen atoms in total. The predicted octanol–water partition coefficient (Wildman–Crippen LogP) is 0.479. The van der Waals surface area contributed by atoms with Crippen LogP contribution in [-0.4, -0.2) is 34.1 Å². The van der Waals surface area contributed by atoms with E-state index in [1.807, 2.05) is 5.43 Å². The van der Waals surface area contributed by atoms with Crippen LogP contribution < -0.4 is 11.3 Å². The monoisotopic (exact) mass is 255 g/mol. The highest BCUT2D eigenvalue weighted by molar-refractivity contribution is 5.91. The molecule has 0 fully saturated rings. The number of rotatable bonds is 9. The van der Waals surface area contributed by atoms with E-state index in [0.29, 0.717) is 13.2 Å². The maximum Gasteiger partial charge on any atom is 0.287 e. The maximum atomic E-state index is 11.1. The summed E-state index contributed by atoms with van der Waals surface area (Å²) in [5.41, 5.74) is 2.21. The summed E-state index contributed by atoms with van der Waals surface area (Å²) in [6.07, 6.45) is 6.32. The van der Waals surface area contributed by atoms with E-state index in [9.17, 15) is 4.79 Å². The van der Waals surface area contributed by atoms with Crippen molar-refractivity contribution >= 4 is 5.91 Å². The number of ether oxygens (including phenoxy) is 1. The molecule has 0 unspecified atom stereocenters. The third-order valence-corrected chi connectivity index (χ3v) is 2.51. The normalized spacial score (nSPS) is 10.6. The molecule has 0 saturated heterocycles. The highest BCUT2D eigenvalue weighted by Gasteiger charge is 2.08. The van der Waals surface area contributed by atoms with Crippen LogP contribution in [-0.2, 0) is 11.3 Å². The van der Waals surface area contributed by atoms with E-state index in [-0.39, 0.29) is 5.69 Å². The molecule has 0 saturated carbocycles. The number of hydrogen-bond donors (Lipinski definition) is 2. The van der Waals surface area contributed by atoms with Crippen LogP contribution >= 0.6 is 0 Å². The van der Waals surface area contributed by atoms with Crippen molar-refractivity contribution in [3.8, 4) is 0 Å². The predicted molar refractivity (Wildman–Crippen MR) is 66.6 cm³/mol. The van der Waals surface area contributed by atoms with Crippen LogP contribution in [0.5, 0.6) is 0 Å². The van der Waals surface area contributed by atoms with Gasteiger partial charge < -0.3 is 4.74 Å². The van der Waals surface area contributed by atoms with Gasteiger partial charge in [0.2, 0.25) is 0 Å². The fourth-order valence-corrected chi connectivity index (χ4v) is 1.48. The number of carbonyl (C=O) groups is 1. The van der Waals surface area contributed by atoms with Gasteiger partial charge in [0.1, 0.15) is 0 Å². The number of nitrogen functional groups attached to an aromatic ring is 1. The summed E-state index contributed by atoms with van der Waals surface area (Å²) >= 11 is 0. The molecule has 0 bridgehead atoms. The van der Waals surface area contributed by atoms with Gasteiger partial charge >= 0.3 is 0 Å². The van der Waals surface area contributed by atoms with Gasteiger partial charge in [-0.05, 0) is 6.42 Å². The molecular weight excluding hydrogens is 234 g/mol. The zero-order valence-electron chi connectivity index (χ0n) is 10.8. The Hall–Kier alpha value is -1.47. The molecule has 3 N–H and O–H groups in total. The summed E-state index contributed by atoms with van der Waals surface area (Å²) < 4.78 is 7.03. The molecule has 0 aliphatic rings. The second-order valence-electron chi connectivity index (χ2n) is 4.01. The number of carbonyl (C=O) groups excluding carboxylic acids is 1. The van der Waals surface area contributed by atoms with Crippen molar-refractivity contribution in [3.63, 3.8) is 0 Å². The smallest absolute Gasteiger partial charge is 0.287 e. The number of nitrogens with zero attached hydrogens (tertiary/aromatic N) is 3. The van der Waals surface area contributed by atoms with Crippen molar-refractivity contribution in [2.24, 2.45) is 5.84 Å². The zero-order valence-corrected chi connectivity index (χ0v) is 10.8. The first-order valence-electron chi connectivity index (χ1n) is 6.26. The van der Waals surface area contributed by atoms with Crippen LogP contribution in [0.4, 0.5) is 0 Å². The summed E-state index contributed by atoms with van der Waals surface area (Å²) in [4.78, 5) is 11.1. The van der Waals surface area contributed by atoms with E-state index >= 15 is 0 Å². The second kappa shape index (κ2) is 8.60. The van der Waals surface area contributed by atoms with Crippen LogP contribution in [0.2, 0.25) is 0 Å². The van der Waals surface area contributed by atoms with Crippen LogP contribution in [0.25, 0.3) is 0 Å². The van der Waals surface area contributed by atoms with Gasteiger partial charge in [0, 0.05) is 6.61 Å². The van der Waals surface area contributed by atoms with Gasteiger partial charge in [0.15, 0.2) is 5.69 Å². The van der Waals surface area contributed by atoms with Crippen LogP contribution in [0.15, 0.2) is 6.20 Å². The second-order valence-corrected chi connectivity index (χ2v) is 4.01. The molecular formula is C11H21N5O2. The van der Waals surface area contributed by atoms with Crippen molar-refractivity contribution in [2.75, 3.05) is 13.2 Å². The Morgan fingerprint density at radius 2 is 2.28 bits per heavy atom. The minimum atomic E-state index is -0.443. The Morgan fingerprint density at radius 3 is 3.00 bits per heavy atom. The standard InChI is InChI=1S/C11H21N5O2/c1-2-3-4-5-7-18-8-6-16-9-10(14-15-16)11(17)13-12/h9H,2-8,12H2,1H3,(H,13,17). The average Bonchev–Trinajstić information content (AvgIpc) is 2.85. The van der Waals surface area contributed by atoms with Gasteiger partial charge in [-0.3, -0.25) is 10.2 Å². The van der Waals surface area contributed by atoms with Crippen molar-refractivity contribution in [3.05, 3.63) is 11.9 Å². The van der Waals surface area contributed by atoms with Crippen LogP contribution in [0, 0.1) is 0 Å². The number of nitrogens with one attached hydrogen (secondary N) is 1. The first-order valence-corrected chi connectivity index (χ1v) is 6.26. The van der Waals surface area contributed by atoms with Crippen molar-refractivity contribution in [1.82, 2.24) is 20.4 Å². The molecule has 18 heavy (non-hydrogen) atoms. The third kappa shape index (κ3) is 5.24. The molecule has 1 aromatic heterocycles. The van der Waals surface area contributed by atoms with E-state index in [0.717, 1.165) is 13.0 Å². The zero-order chi connectivity index (χ0) is 13.2. The van der Waals surface area contributed by atoms with E-state index in [1.165, 1.54) is 19.3 Å². The topological polar surface area (TPSA) is 95.1 Å². The SMILES string of the molecule is CCCCCCOCCn1cc(C(=O)NN)nn1. The van der Waals surface area contributed by atoms with Crippen molar-refractivity contribution in [1.29, 1.82) is 0 Å². The summed E-state index contributed by atoms with van der Waals surface area (Å²) in [6, 6.07) is 0. The summed E-state index contributed by atoms with van der Waals surface area (Å²) in [5.74, 6) is 4.55. The largest absolute Gasteiger partial charge is 0.380 e. The summed E-state index contributed by atoms with van der Waals surface area (Å²) in [7, 11) is 0. The van der Waals surface area contributed by atoms with Crippen LogP contribution in [0.1, 0.15) is 43.1 Å². The lowest BCUT2D eigenvalue weighted by molar-refractivity contribution is 0.0948. The lowest BCUT2D eigenvalue weighted by Gasteiger charge is -2.03. The molecule has 1 aromatic rings. The van der Waals surface area contributed by atoms with E-state index in [4.69, 9.17) is 10.6 Å². The molecule has 1 heterocycles. The Kier molecular flexibility index (Phi) is 6.97. The van der Waals surface area contributed by atoms with E-state index < -0.39 is 5.91 Å². The Labute approximate surface area is 107 Å². The lowest BCUT2D eigenvalue weighted by Crippen LogP contribution is -2.30. The van der Waals surface area contributed by atoms with Gasteiger partial charge in [-0.1, -0.05) is 31.4 Å². The fraction of sp³-hybridized carbons (Fsp3) is 0.727. The number of hydrazine groups is 1. The molecule has 7 heteroatoms. The molecule has 0 radical (unpaired) electrons. The van der Waals surface area contributed by atoms with Crippen molar-refractivity contribution < 1.29 is 9.53 Å². The number of nitrogens with two attached hydrogens (primary N) is 1. The maximum absolute atomic E-state index is 11.1. The quantitative estimate of drug-likeness (QED) is 0.289. The van der Waals surface area contributed by atoms with E-state index in [2.05, 4.69) is 17.2 Å². The third-order valence-electron chi connectivity index (χ3n) is 2.51. The number of hydrogen-bond acceptors (Lipinski definition) is 5. The van der Waals surface area contributed by atoms with Gasteiger partial charge in [-0.25, -0.2) is 10.5 Å². The van der Waals surface area contributed by atoms with Gasteiger partial charge in [-0.2, -0.15) is 0 Å². The molecule has 1 rings (SSSR count). The molecule has 0 aliphatic carbocycles. The van der Waals surface area contributed by atoms with Gasteiger partial charge in [0.25, 0.3) is 5.91 Å². The molecule has 0 atom stereocenters. The summed E-state index contributed by atoms with van der Waals surface area (Å²) in [6.45, 7) is 4.10. The van der Waals surface area contributed by atoms with Gasteiger partial charge in [-0.15, -0.1) is 5.10 Å². The minimum Gasteiger partial charge on any atom is -0.380 e. The fourth-order valence-electron chi connectivity index (χ4n) is 1.48. The number of aromatic nitrogens is 3.